The molecular formula is C24H46IN5O2. The Balaban J connectivity index is 0.00000512. The van der Waals surface area contributed by atoms with E-state index >= 15 is 0 Å². The summed E-state index contributed by atoms with van der Waals surface area (Å²) in [5.41, 5.74) is 0.477. The van der Waals surface area contributed by atoms with Gasteiger partial charge in [0.1, 0.15) is 0 Å². The van der Waals surface area contributed by atoms with Crippen LogP contribution in [0.2, 0.25) is 0 Å². The van der Waals surface area contributed by atoms with Gasteiger partial charge in [0, 0.05) is 59.2 Å². The van der Waals surface area contributed by atoms with Crippen LogP contribution in [0.4, 0.5) is 0 Å². The molecule has 2 rings (SSSR count). The van der Waals surface area contributed by atoms with E-state index in [-0.39, 0.29) is 35.8 Å². The molecule has 0 spiro atoms. The Bertz CT molecular complexity index is 594. The highest BCUT2D eigenvalue weighted by Gasteiger charge is 2.34. The van der Waals surface area contributed by atoms with E-state index in [0.717, 1.165) is 38.3 Å². The number of nitrogens with one attached hydrogen (secondary N) is 2. The first-order chi connectivity index (χ1) is 14.9. The standard InChI is InChI=1S/C24H45N5O2.HI/c1-5-24(11-9-12-24)19-27-23(25-4)26-13-8-6-7-10-21(30)28-14-16-29(17-15-28)22(31)18-20(2)3;/h20H,5-19H2,1-4H3,(H2,25,26,27);1H. The first kappa shape index (κ1) is 29.0. The molecular weight excluding hydrogens is 517 g/mol. The number of piperazine rings is 1. The van der Waals surface area contributed by atoms with Gasteiger partial charge in [-0.15, -0.1) is 24.0 Å². The Morgan fingerprint density at radius 2 is 1.59 bits per heavy atom. The molecule has 0 aromatic rings. The zero-order valence-corrected chi connectivity index (χ0v) is 23.1. The van der Waals surface area contributed by atoms with Crippen molar-refractivity contribution in [3.63, 3.8) is 0 Å². The number of rotatable bonds is 11. The first-order valence-electron chi connectivity index (χ1n) is 12.4. The number of nitrogens with zero attached hydrogens (tertiary/aromatic N) is 3. The molecule has 1 aliphatic carbocycles. The summed E-state index contributed by atoms with van der Waals surface area (Å²) in [5, 5.41) is 6.89. The Kier molecular flexibility index (Phi) is 13.5. The Morgan fingerprint density at radius 3 is 2.09 bits per heavy atom. The van der Waals surface area contributed by atoms with E-state index in [9.17, 15) is 9.59 Å². The molecule has 2 fully saturated rings. The SMILES string of the molecule is CCC1(CNC(=NC)NCCCCCC(=O)N2CCN(C(=O)CC(C)C)CC2)CCC1.I. The summed E-state index contributed by atoms with van der Waals surface area (Å²) in [7, 11) is 1.82. The second kappa shape index (κ2) is 15.0. The summed E-state index contributed by atoms with van der Waals surface area (Å²) < 4.78 is 0. The van der Waals surface area contributed by atoms with Crippen molar-refractivity contribution in [3.8, 4) is 0 Å². The van der Waals surface area contributed by atoms with Crippen LogP contribution in [-0.2, 0) is 9.59 Å². The first-order valence-corrected chi connectivity index (χ1v) is 12.4. The van der Waals surface area contributed by atoms with Crippen LogP contribution in [0.25, 0.3) is 0 Å². The van der Waals surface area contributed by atoms with Crippen LogP contribution in [0.5, 0.6) is 0 Å². The molecule has 2 amide bonds. The maximum Gasteiger partial charge on any atom is 0.222 e. The number of carbonyl (C=O) groups excluding carboxylic acids is 2. The number of aliphatic imine (C=N–C) groups is 1. The van der Waals surface area contributed by atoms with Gasteiger partial charge >= 0.3 is 0 Å². The highest BCUT2D eigenvalue weighted by atomic mass is 127. The van der Waals surface area contributed by atoms with Crippen LogP contribution >= 0.6 is 24.0 Å². The molecule has 1 aliphatic heterocycles. The van der Waals surface area contributed by atoms with Crippen molar-refractivity contribution < 1.29 is 9.59 Å². The highest BCUT2D eigenvalue weighted by Crippen LogP contribution is 2.42. The molecule has 7 nitrogen and oxygen atoms in total. The van der Waals surface area contributed by atoms with Gasteiger partial charge in [0.05, 0.1) is 0 Å². The fourth-order valence-corrected chi connectivity index (χ4v) is 4.45. The Labute approximate surface area is 212 Å². The van der Waals surface area contributed by atoms with Crippen molar-refractivity contribution in [2.24, 2.45) is 16.3 Å². The number of halogens is 1. The van der Waals surface area contributed by atoms with E-state index in [1.807, 2.05) is 16.8 Å². The third-order valence-electron chi connectivity index (χ3n) is 6.95. The lowest BCUT2D eigenvalue weighted by Gasteiger charge is -2.41. The van der Waals surface area contributed by atoms with Gasteiger partial charge < -0.3 is 20.4 Å². The quantitative estimate of drug-likeness (QED) is 0.174. The predicted octanol–water partition coefficient (Wildman–Crippen LogP) is 3.63. The van der Waals surface area contributed by atoms with Gasteiger partial charge in [-0.05, 0) is 43.4 Å². The van der Waals surface area contributed by atoms with E-state index in [2.05, 4.69) is 36.4 Å². The minimum Gasteiger partial charge on any atom is -0.356 e. The zero-order valence-electron chi connectivity index (χ0n) is 20.8. The fourth-order valence-electron chi connectivity index (χ4n) is 4.45. The van der Waals surface area contributed by atoms with E-state index < -0.39 is 0 Å². The molecule has 32 heavy (non-hydrogen) atoms. The number of unbranched alkanes of at least 4 members (excludes halogenated alkanes) is 2. The molecule has 0 aromatic heterocycles. The third-order valence-corrected chi connectivity index (χ3v) is 6.95. The summed E-state index contributed by atoms with van der Waals surface area (Å²) in [5.74, 6) is 1.72. The largest absolute Gasteiger partial charge is 0.356 e. The van der Waals surface area contributed by atoms with Crippen molar-refractivity contribution in [1.82, 2.24) is 20.4 Å². The van der Waals surface area contributed by atoms with Gasteiger partial charge in [-0.25, -0.2) is 0 Å². The zero-order chi connectivity index (χ0) is 22.7. The monoisotopic (exact) mass is 563 g/mol. The highest BCUT2D eigenvalue weighted by molar-refractivity contribution is 14.0. The molecule has 186 valence electrons. The summed E-state index contributed by atoms with van der Waals surface area (Å²) >= 11 is 0. The van der Waals surface area contributed by atoms with E-state index in [1.54, 1.807) is 0 Å². The summed E-state index contributed by atoms with van der Waals surface area (Å²) in [4.78, 5) is 32.8. The summed E-state index contributed by atoms with van der Waals surface area (Å²) in [6.07, 6.45) is 9.41. The lowest BCUT2D eigenvalue weighted by Crippen LogP contribution is -2.50. The minimum absolute atomic E-state index is 0. The maximum absolute atomic E-state index is 12.5. The van der Waals surface area contributed by atoms with Crippen LogP contribution in [0.3, 0.4) is 0 Å². The van der Waals surface area contributed by atoms with E-state index in [0.29, 0.717) is 50.4 Å². The third kappa shape index (κ3) is 9.43. The van der Waals surface area contributed by atoms with E-state index in [4.69, 9.17) is 0 Å². The lowest BCUT2D eigenvalue weighted by atomic mass is 9.67. The number of hydrogen-bond acceptors (Lipinski definition) is 3. The Morgan fingerprint density at radius 1 is 0.969 bits per heavy atom. The van der Waals surface area contributed by atoms with Crippen LogP contribution < -0.4 is 10.6 Å². The molecule has 1 heterocycles. The van der Waals surface area contributed by atoms with Crippen molar-refractivity contribution in [3.05, 3.63) is 0 Å². The minimum atomic E-state index is 0. The molecule has 1 saturated carbocycles. The molecule has 0 bridgehead atoms. The van der Waals surface area contributed by atoms with Crippen LogP contribution in [0, 0.1) is 11.3 Å². The van der Waals surface area contributed by atoms with Gasteiger partial charge in [0.15, 0.2) is 5.96 Å². The van der Waals surface area contributed by atoms with E-state index in [1.165, 1.54) is 25.7 Å². The van der Waals surface area contributed by atoms with Crippen LogP contribution in [0.1, 0.15) is 78.6 Å². The lowest BCUT2D eigenvalue weighted by molar-refractivity contribution is -0.140. The van der Waals surface area contributed by atoms with Crippen LogP contribution in [-0.4, -0.2) is 73.9 Å². The molecule has 0 atom stereocenters. The fraction of sp³-hybridized carbons (Fsp3) is 0.875. The smallest absolute Gasteiger partial charge is 0.222 e. The van der Waals surface area contributed by atoms with Crippen molar-refractivity contribution in [1.29, 1.82) is 0 Å². The number of amides is 2. The molecule has 2 aliphatic rings. The summed E-state index contributed by atoms with van der Waals surface area (Å²) in [6, 6.07) is 0. The average molecular weight is 564 g/mol. The van der Waals surface area contributed by atoms with Gasteiger partial charge in [0.25, 0.3) is 0 Å². The molecule has 0 radical (unpaired) electrons. The second-order valence-electron chi connectivity index (χ2n) is 9.73. The maximum atomic E-state index is 12.5. The Hall–Kier alpha value is -1.06. The van der Waals surface area contributed by atoms with Gasteiger partial charge in [-0.2, -0.15) is 0 Å². The van der Waals surface area contributed by atoms with Crippen molar-refractivity contribution in [2.75, 3.05) is 46.3 Å². The average Bonchev–Trinajstić information content (AvgIpc) is 2.73. The van der Waals surface area contributed by atoms with Crippen LogP contribution in [0.15, 0.2) is 4.99 Å². The summed E-state index contributed by atoms with van der Waals surface area (Å²) in [6.45, 7) is 11.0. The van der Waals surface area contributed by atoms with Crippen molar-refractivity contribution >= 4 is 41.8 Å². The van der Waals surface area contributed by atoms with Gasteiger partial charge in [0.2, 0.25) is 11.8 Å². The normalized spacial score (nSPS) is 18.1. The number of hydrogen-bond donors (Lipinski definition) is 2. The number of guanidine groups is 1. The molecule has 8 heteroatoms. The second-order valence-corrected chi connectivity index (χ2v) is 9.73. The molecule has 0 unspecified atom stereocenters. The predicted molar refractivity (Wildman–Crippen MR) is 142 cm³/mol. The number of carbonyl (C=O) groups is 2. The topological polar surface area (TPSA) is 77.0 Å². The van der Waals surface area contributed by atoms with Gasteiger partial charge in [-0.3, -0.25) is 14.6 Å². The molecule has 2 N–H and O–H groups in total. The van der Waals surface area contributed by atoms with Crippen molar-refractivity contribution in [2.45, 2.75) is 78.6 Å². The molecule has 0 aromatic carbocycles. The molecule has 1 saturated heterocycles. The van der Waals surface area contributed by atoms with Gasteiger partial charge in [-0.1, -0.05) is 33.6 Å².